The van der Waals surface area contributed by atoms with Crippen LogP contribution in [0.25, 0.3) is 0 Å². The molecular weight excluding hydrogens is 377 g/mol. The Hall–Kier alpha value is 0.0564. The first kappa shape index (κ1) is 28.1. The van der Waals surface area contributed by atoms with Gasteiger partial charge >= 0.3 is 51.4 Å². The molecule has 0 spiro atoms. The second kappa shape index (κ2) is 19.0. The molecule has 154 valence electrons. The number of carboxylic acid groups (broad SMARTS) is 1. The van der Waals surface area contributed by atoms with Crippen LogP contribution in [0.15, 0.2) is 24.3 Å². The summed E-state index contributed by atoms with van der Waals surface area (Å²) in [6.07, 6.45) is 23.6. The van der Waals surface area contributed by atoms with Crippen LogP contribution in [0.4, 0.5) is 0 Å². The molecule has 1 aliphatic rings. The predicted molar refractivity (Wildman–Crippen MR) is 109 cm³/mol. The van der Waals surface area contributed by atoms with Crippen LogP contribution >= 0.6 is 0 Å². The normalized spacial score (nSPS) is 16.8. The molecule has 1 rings (SSSR count). The van der Waals surface area contributed by atoms with Crippen LogP contribution in [0.3, 0.4) is 0 Å². The van der Waals surface area contributed by atoms with Gasteiger partial charge in [-0.3, -0.25) is 4.79 Å². The number of carbonyl (C=O) groups is 2. The summed E-state index contributed by atoms with van der Waals surface area (Å²) < 4.78 is 0. The topological polar surface area (TPSA) is 60.4 Å². The third-order valence-corrected chi connectivity index (χ3v) is 5.19. The van der Waals surface area contributed by atoms with Crippen molar-refractivity contribution in [3.63, 3.8) is 0 Å². The van der Waals surface area contributed by atoms with Gasteiger partial charge in [0.15, 0.2) is 0 Å². The number of allylic oxidation sites excluding steroid dienone is 4. The Labute approximate surface area is 214 Å². The minimum absolute atomic E-state index is 0. The standard InChI is InChI=1S/C23H39NO3.K/c1-2-3-4-5-6-7-8-9-10-11-12-13-14-15-16-19-22(25)24-20-17-18-21(24)23(26)27;/h6-7,9-10,21H,2-5,8,11-20H2,1H3,(H,26,27);/q;+1/p-1/b7-6-,10-9-;/t21-;/m0./s1. The zero-order chi connectivity index (χ0) is 19.7. The smallest absolute Gasteiger partial charge is 0.548 e. The fourth-order valence-electron chi connectivity index (χ4n) is 3.54. The molecule has 0 bridgehead atoms. The summed E-state index contributed by atoms with van der Waals surface area (Å²) in [5.41, 5.74) is 0. The van der Waals surface area contributed by atoms with E-state index in [1.807, 2.05) is 0 Å². The van der Waals surface area contributed by atoms with Crippen molar-refractivity contribution in [2.45, 2.75) is 103 Å². The van der Waals surface area contributed by atoms with E-state index >= 15 is 0 Å². The number of rotatable bonds is 15. The first-order valence-corrected chi connectivity index (χ1v) is 11.0. The van der Waals surface area contributed by atoms with Gasteiger partial charge in [0.25, 0.3) is 0 Å². The summed E-state index contributed by atoms with van der Waals surface area (Å²) in [5.74, 6) is -1.13. The Morgan fingerprint density at radius 2 is 1.54 bits per heavy atom. The molecule has 0 saturated carbocycles. The molecule has 1 amide bonds. The number of carbonyl (C=O) groups excluding carboxylic acids is 2. The van der Waals surface area contributed by atoms with Crippen molar-refractivity contribution in [2.75, 3.05) is 6.54 Å². The van der Waals surface area contributed by atoms with Crippen molar-refractivity contribution >= 4 is 11.9 Å². The Balaban J connectivity index is 0.00000729. The first-order chi connectivity index (χ1) is 13.2. The van der Waals surface area contributed by atoms with Gasteiger partial charge in [-0.1, -0.05) is 63.3 Å². The molecule has 0 aromatic carbocycles. The fourth-order valence-corrected chi connectivity index (χ4v) is 3.54. The van der Waals surface area contributed by atoms with Crippen LogP contribution in [0.5, 0.6) is 0 Å². The van der Waals surface area contributed by atoms with E-state index in [1.165, 1.54) is 43.4 Å². The van der Waals surface area contributed by atoms with E-state index in [0.717, 1.165) is 38.5 Å². The summed E-state index contributed by atoms with van der Waals surface area (Å²) in [4.78, 5) is 24.6. The minimum atomic E-state index is -1.11. The van der Waals surface area contributed by atoms with E-state index < -0.39 is 12.0 Å². The van der Waals surface area contributed by atoms with E-state index in [9.17, 15) is 14.7 Å². The van der Waals surface area contributed by atoms with Crippen LogP contribution in [0, 0.1) is 0 Å². The van der Waals surface area contributed by atoms with Gasteiger partial charge in [-0.15, -0.1) is 0 Å². The van der Waals surface area contributed by atoms with E-state index in [4.69, 9.17) is 0 Å². The van der Waals surface area contributed by atoms with Gasteiger partial charge in [0.1, 0.15) is 0 Å². The van der Waals surface area contributed by atoms with Crippen molar-refractivity contribution in [3.8, 4) is 0 Å². The van der Waals surface area contributed by atoms with Crippen molar-refractivity contribution in [2.24, 2.45) is 0 Å². The number of nitrogens with zero attached hydrogens (tertiary/aromatic N) is 1. The van der Waals surface area contributed by atoms with Crippen LogP contribution in [-0.2, 0) is 9.59 Å². The quantitative estimate of drug-likeness (QED) is 0.232. The van der Waals surface area contributed by atoms with Crippen molar-refractivity contribution in [3.05, 3.63) is 24.3 Å². The molecule has 4 nitrogen and oxygen atoms in total. The molecule has 0 aromatic rings. The molecule has 1 saturated heterocycles. The molecule has 0 unspecified atom stereocenters. The number of carboxylic acids is 1. The SMILES string of the molecule is CCCCC/C=C\C/C=C\CCCCCCCC(=O)N1CCC[C@H]1C(=O)[O-].[K+]. The average Bonchev–Trinajstić information content (AvgIpc) is 3.15. The number of unbranched alkanes of at least 4 members (excludes halogenated alkanes) is 8. The third kappa shape index (κ3) is 13.3. The summed E-state index contributed by atoms with van der Waals surface area (Å²) in [7, 11) is 0. The maximum absolute atomic E-state index is 12.1. The van der Waals surface area contributed by atoms with Gasteiger partial charge in [-0.2, -0.15) is 0 Å². The minimum Gasteiger partial charge on any atom is -0.548 e. The second-order valence-corrected chi connectivity index (χ2v) is 7.54. The van der Waals surface area contributed by atoms with E-state index in [1.54, 1.807) is 0 Å². The van der Waals surface area contributed by atoms with Crippen LogP contribution in [0.1, 0.15) is 96.8 Å². The average molecular weight is 416 g/mol. The van der Waals surface area contributed by atoms with Gasteiger partial charge in [0.05, 0.1) is 12.0 Å². The number of hydrogen-bond acceptors (Lipinski definition) is 3. The molecule has 0 radical (unpaired) electrons. The van der Waals surface area contributed by atoms with Gasteiger partial charge in [0.2, 0.25) is 5.91 Å². The van der Waals surface area contributed by atoms with E-state index in [-0.39, 0.29) is 57.3 Å². The fraction of sp³-hybridized carbons (Fsp3) is 0.739. The Morgan fingerprint density at radius 1 is 0.929 bits per heavy atom. The number of aliphatic carboxylic acids is 1. The summed E-state index contributed by atoms with van der Waals surface area (Å²) in [6.45, 7) is 2.80. The van der Waals surface area contributed by atoms with Gasteiger partial charge in [-0.05, 0) is 51.4 Å². The molecule has 1 heterocycles. The molecule has 0 N–H and O–H groups in total. The number of hydrogen-bond donors (Lipinski definition) is 0. The maximum Gasteiger partial charge on any atom is 1.00 e. The molecule has 1 atom stereocenters. The molecule has 28 heavy (non-hydrogen) atoms. The zero-order valence-electron chi connectivity index (χ0n) is 18.2. The second-order valence-electron chi connectivity index (χ2n) is 7.54. The van der Waals surface area contributed by atoms with Gasteiger partial charge in [0, 0.05) is 13.0 Å². The van der Waals surface area contributed by atoms with Crippen molar-refractivity contribution < 1.29 is 66.1 Å². The summed E-state index contributed by atoms with van der Waals surface area (Å²) >= 11 is 0. The van der Waals surface area contributed by atoms with Gasteiger partial charge in [-0.25, -0.2) is 0 Å². The molecule has 0 aliphatic carbocycles. The Morgan fingerprint density at radius 3 is 2.18 bits per heavy atom. The monoisotopic (exact) mass is 415 g/mol. The molecule has 1 aliphatic heterocycles. The Kier molecular flexibility index (Phi) is 19.1. The van der Waals surface area contributed by atoms with Gasteiger partial charge < -0.3 is 14.8 Å². The largest absolute Gasteiger partial charge is 1.00 e. The molecule has 5 heteroatoms. The molecular formula is C23H38KNO3. The van der Waals surface area contributed by atoms with Crippen LogP contribution < -0.4 is 56.5 Å². The maximum atomic E-state index is 12.1. The summed E-state index contributed by atoms with van der Waals surface area (Å²) in [5, 5.41) is 11.0. The van der Waals surface area contributed by atoms with E-state index in [2.05, 4.69) is 31.2 Å². The van der Waals surface area contributed by atoms with Crippen LogP contribution in [-0.4, -0.2) is 29.4 Å². The Bertz CT molecular complexity index is 476. The first-order valence-electron chi connectivity index (χ1n) is 11.0. The van der Waals surface area contributed by atoms with Crippen molar-refractivity contribution in [1.82, 2.24) is 4.90 Å². The predicted octanol–water partition coefficient (Wildman–Crippen LogP) is 1.54. The zero-order valence-corrected chi connectivity index (χ0v) is 21.3. The molecule has 1 fully saturated rings. The van der Waals surface area contributed by atoms with E-state index in [0.29, 0.717) is 19.4 Å². The van der Waals surface area contributed by atoms with Crippen molar-refractivity contribution in [1.29, 1.82) is 0 Å². The summed E-state index contributed by atoms with van der Waals surface area (Å²) in [6, 6.07) is -0.699. The van der Waals surface area contributed by atoms with Crippen LogP contribution in [0.2, 0.25) is 0 Å². The number of amides is 1. The third-order valence-electron chi connectivity index (χ3n) is 5.19. The molecule has 0 aromatic heterocycles. The number of likely N-dealkylation sites (tertiary alicyclic amines) is 1.